The maximum atomic E-state index is 11.8. The molecule has 20 heavy (non-hydrogen) atoms. The monoisotopic (exact) mass is 280 g/mol. The third-order valence-corrected chi connectivity index (χ3v) is 2.47. The van der Waals surface area contributed by atoms with E-state index in [9.17, 15) is 19.5 Å². The highest BCUT2D eigenvalue weighted by Crippen LogP contribution is 2.24. The van der Waals surface area contributed by atoms with E-state index in [1.165, 1.54) is 6.92 Å². The molecule has 1 aromatic carbocycles. The van der Waals surface area contributed by atoms with Crippen LogP contribution in [0.15, 0.2) is 12.1 Å². The Kier molecular flexibility index (Phi) is 5.25. The Bertz CT molecular complexity index is 508. The first-order valence-corrected chi connectivity index (χ1v) is 6.14. The average Bonchev–Trinajstić information content (AvgIpc) is 2.37. The van der Waals surface area contributed by atoms with Crippen molar-refractivity contribution in [1.29, 1.82) is 0 Å². The van der Waals surface area contributed by atoms with Gasteiger partial charge in [-0.05, 0) is 32.9 Å². The molecule has 0 saturated carbocycles. The molecule has 0 atom stereocenters. The Labute approximate surface area is 116 Å². The number of Topliss-reactive ketones (excluding diaryl/α,β-unsaturated/α-hetero) is 1. The number of hydrogen-bond acceptors (Lipinski definition) is 6. The minimum atomic E-state index is -0.779. The molecule has 0 unspecified atom stereocenters. The molecule has 0 amide bonds. The van der Waals surface area contributed by atoms with E-state index in [4.69, 9.17) is 9.47 Å². The number of rotatable bonds is 5. The molecule has 0 aromatic heterocycles. The predicted octanol–water partition coefficient (Wildman–Crippen LogP) is 1.95. The largest absolute Gasteiger partial charge is 0.508 e. The van der Waals surface area contributed by atoms with Crippen molar-refractivity contribution in [3.63, 3.8) is 0 Å². The van der Waals surface area contributed by atoms with Crippen LogP contribution >= 0.6 is 0 Å². The Hall–Kier alpha value is -2.37. The fraction of sp³-hybridized carbons (Fsp3) is 0.357. The smallest absolute Gasteiger partial charge is 0.339 e. The van der Waals surface area contributed by atoms with Gasteiger partial charge in [0.05, 0.1) is 24.3 Å². The van der Waals surface area contributed by atoms with Crippen LogP contribution in [0, 0.1) is 0 Å². The van der Waals surface area contributed by atoms with Gasteiger partial charge >= 0.3 is 11.9 Å². The Balaban J connectivity index is 3.47. The molecule has 0 aliphatic carbocycles. The molecule has 1 N–H and O–H groups in total. The third kappa shape index (κ3) is 3.34. The van der Waals surface area contributed by atoms with Crippen molar-refractivity contribution in [2.75, 3.05) is 13.2 Å². The topological polar surface area (TPSA) is 89.9 Å². The maximum Gasteiger partial charge on any atom is 0.339 e. The molecule has 0 spiro atoms. The molecule has 0 bridgehead atoms. The summed E-state index contributed by atoms with van der Waals surface area (Å²) in [5, 5.41) is 9.61. The quantitative estimate of drug-likeness (QED) is 0.655. The average molecular weight is 280 g/mol. The van der Waals surface area contributed by atoms with Gasteiger partial charge in [-0.25, -0.2) is 9.59 Å². The first-order chi connectivity index (χ1) is 9.42. The summed E-state index contributed by atoms with van der Waals surface area (Å²) in [5.41, 5.74) is -0.412. The van der Waals surface area contributed by atoms with E-state index in [0.29, 0.717) is 0 Å². The summed E-state index contributed by atoms with van der Waals surface area (Å²) in [6, 6.07) is 2.19. The minimum absolute atomic E-state index is 0.111. The molecule has 1 rings (SSSR count). The molecule has 0 radical (unpaired) electrons. The van der Waals surface area contributed by atoms with Crippen molar-refractivity contribution in [2.24, 2.45) is 0 Å². The predicted molar refractivity (Wildman–Crippen MR) is 70.0 cm³/mol. The van der Waals surface area contributed by atoms with Crippen LogP contribution in [0.1, 0.15) is 51.8 Å². The van der Waals surface area contributed by atoms with Crippen LogP contribution in [0.25, 0.3) is 0 Å². The van der Waals surface area contributed by atoms with E-state index in [1.54, 1.807) is 13.8 Å². The number of ketones is 1. The number of carbonyl (C=O) groups excluding carboxylic acids is 3. The second kappa shape index (κ2) is 6.70. The van der Waals surface area contributed by atoms with Crippen LogP contribution in [0.3, 0.4) is 0 Å². The van der Waals surface area contributed by atoms with E-state index < -0.39 is 17.7 Å². The lowest BCUT2D eigenvalue weighted by Gasteiger charge is -2.12. The number of phenols is 1. The minimum Gasteiger partial charge on any atom is -0.508 e. The van der Waals surface area contributed by atoms with E-state index >= 15 is 0 Å². The number of carbonyl (C=O) groups is 3. The fourth-order valence-corrected chi connectivity index (χ4v) is 1.75. The number of aromatic hydroxyl groups is 1. The molecular formula is C14H16O6. The Morgan fingerprint density at radius 3 is 1.70 bits per heavy atom. The van der Waals surface area contributed by atoms with E-state index in [1.807, 2.05) is 0 Å². The van der Waals surface area contributed by atoms with Gasteiger partial charge < -0.3 is 14.6 Å². The lowest BCUT2D eigenvalue weighted by Crippen LogP contribution is -2.17. The summed E-state index contributed by atoms with van der Waals surface area (Å²) < 4.78 is 9.63. The van der Waals surface area contributed by atoms with E-state index in [0.717, 1.165) is 12.1 Å². The second-order valence-electron chi connectivity index (χ2n) is 3.91. The van der Waals surface area contributed by atoms with Crippen LogP contribution in [-0.2, 0) is 9.47 Å². The number of hydrogen-bond donors (Lipinski definition) is 1. The summed E-state index contributed by atoms with van der Waals surface area (Å²) in [7, 11) is 0. The van der Waals surface area contributed by atoms with Crippen molar-refractivity contribution >= 4 is 17.7 Å². The molecule has 0 aliphatic heterocycles. The third-order valence-electron chi connectivity index (χ3n) is 2.47. The molecule has 6 nitrogen and oxygen atoms in total. The van der Waals surface area contributed by atoms with Gasteiger partial charge in [0.15, 0.2) is 5.78 Å². The number of phenolic OH excluding ortho intramolecular Hbond substituents is 1. The SMILES string of the molecule is CCOC(=O)c1cc(O)cc(C(=O)OCC)c1C(C)=O. The van der Waals surface area contributed by atoms with Crippen LogP contribution < -0.4 is 0 Å². The van der Waals surface area contributed by atoms with Crippen molar-refractivity contribution in [2.45, 2.75) is 20.8 Å². The molecule has 0 heterocycles. The zero-order valence-corrected chi connectivity index (χ0v) is 11.6. The summed E-state index contributed by atoms with van der Waals surface area (Å²) in [4.78, 5) is 35.4. The first kappa shape index (κ1) is 15.7. The first-order valence-electron chi connectivity index (χ1n) is 6.14. The summed E-state index contributed by atoms with van der Waals surface area (Å²) >= 11 is 0. The highest BCUT2D eigenvalue weighted by Gasteiger charge is 2.25. The highest BCUT2D eigenvalue weighted by molar-refractivity contribution is 6.12. The van der Waals surface area contributed by atoms with Gasteiger partial charge in [0.1, 0.15) is 5.75 Å². The van der Waals surface area contributed by atoms with Crippen LogP contribution in [-0.4, -0.2) is 36.0 Å². The molecule has 0 fully saturated rings. The molecular weight excluding hydrogens is 264 g/mol. The summed E-state index contributed by atoms with van der Waals surface area (Å²) in [5.74, 6) is -2.37. The molecule has 0 saturated heterocycles. The van der Waals surface area contributed by atoms with Gasteiger partial charge in [-0.1, -0.05) is 0 Å². The van der Waals surface area contributed by atoms with E-state index in [2.05, 4.69) is 0 Å². The highest BCUT2D eigenvalue weighted by atomic mass is 16.5. The Morgan fingerprint density at radius 1 is 1.00 bits per heavy atom. The Morgan fingerprint density at radius 2 is 1.40 bits per heavy atom. The molecule has 1 aromatic rings. The lowest BCUT2D eigenvalue weighted by molar-refractivity contribution is 0.0518. The van der Waals surface area contributed by atoms with Crippen molar-refractivity contribution in [3.8, 4) is 5.75 Å². The summed E-state index contributed by atoms with van der Waals surface area (Å²) in [6.07, 6.45) is 0. The standard InChI is InChI=1S/C14H16O6/c1-4-19-13(17)10-6-9(16)7-11(12(10)8(3)15)14(18)20-5-2/h6-7,16H,4-5H2,1-3H3. The molecule has 0 aliphatic rings. The van der Waals surface area contributed by atoms with E-state index in [-0.39, 0.29) is 35.7 Å². The zero-order chi connectivity index (χ0) is 15.3. The van der Waals surface area contributed by atoms with Gasteiger partial charge in [-0.3, -0.25) is 4.79 Å². The van der Waals surface area contributed by atoms with Crippen LogP contribution in [0.4, 0.5) is 0 Å². The van der Waals surface area contributed by atoms with Crippen molar-refractivity contribution in [1.82, 2.24) is 0 Å². The fourth-order valence-electron chi connectivity index (χ4n) is 1.75. The van der Waals surface area contributed by atoms with Crippen molar-refractivity contribution < 1.29 is 29.0 Å². The van der Waals surface area contributed by atoms with Gasteiger partial charge in [0, 0.05) is 5.56 Å². The van der Waals surface area contributed by atoms with Crippen LogP contribution in [0.2, 0.25) is 0 Å². The van der Waals surface area contributed by atoms with Crippen molar-refractivity contribution in [3.05, 3.63) is 28.8 Å². The number of benzene rings is 1. The zero-order valence-electron chi connectivity index (χ0n) is 11.6. The lowest BCUT2D eigenvalue weighted by atomic mass is 9.97. The van der Waals surface area contributed by atoms with Crippen LogP contribution in [0.5, 0.6) is 5.75 Å². The van der Waals surface area contributed by atoms with Gasteiger partial charge in [0.25, 0.3) is 0 Å². The molecule has 108 valence electrons. The normalized spacial score (nSPS) is 9.95. The number of esters is 2. The number of ether oxygens (including phenoxy) is 2. The van der Waals surface area contributed by atoms with Gasteiger partial charge in [0.2, 0.25) is 0 Å². The van der Waals surface area contributed by atoms with Gasteiger partial charge in [-0.2, -0.15) is 0 Å². The summed E-state index contributed by atoms with van der Waals surface area (Å²) in [6.45, 7) is 4.67. The maximum absolute atomic E-state index is 11.8. The molecule has 6 heteroatoms. The second-order valence-corrected chi connectivity index (χ2v) is 3.91. The van der Waals surface area contributed by atoms with Gasteiger partial charge in [-0.15, -0.1) is 0 Å².